The number of hydrogen-bond acceptors (Lipinski definition) is 6. The Bertz CT molecular complexity index is 1510. The average Bonchev–Trinajstić information content (AvgIpc) is 3.19. The van der Waals surface area contributed by atoms with Crippen LogP contribution in [0.5, 0.6) is 5.75 Å². The summed E-state index contributed by atoms with van der Waals surface area (Å²) in [5, 5.41) is 11.9. The fraction of sp³-hybridized carbons (Fsp3) is 0.321. The third-order valence-corrected chi connectivity index (χ3v) is 7.56. The molecule has 0 bridgehead atoms. The Kier molecular flexibility index (Phi) is 9.35. The molecule has 1 aliphatic heterocycles. The second-order valence-electron chi connectivity index (χ2n) is 9.82. The maximum absolute atomic E-state index is 12.9. The third kappa shape index (κ3) is 6.31. The van der Waals surface area contributed by atoms with Crippen LogP contribution in [0.4, 0.5) is 14.6 Å². The van der Waals surface area contributed by atoms with E-state index in [-0.39, 0.29) is 57.1 Å². The second-order valence-corrected chi connectivity index (χ2v) is 10.2. The number of para-hydroxylation sites is 1. The minimum absolute atomic E-state index is 0. The number of anilines is 1. The third-order valence-electron chi connectivity index (χ3n) is 7.28. The molecule has 0 amide bonds. The van der Waals surface area contributed by atoms with Crippen LogP contribution in [0.2, 0.25) is 5.02 Å². The number of aromatic nitrogens is 3. The van der Waals surface area contributed by atoms with E-state index in [9.17, 15) is 18.7 Å². The van der Waals surface area contributed by atoms with Crippen molar-refractivity contribution in [3.63, 3.8) is 0 Å². The molecule has 0 unspecified atom stereocenters. The molecule has 1 aliphatic rings. The van der Waals surface area contributed by atoms with Crippen molar-refractivity contribution in [2.75, 3.05) is 18.0 Å². The topological polar surface area (TPSA) is 82.8 Å². The fourth-order valence-corrected chi connectivity index (χ4v) is 5.16. The van der Waals surface area contributed by atoms with Gasteiger partial charge in [-0.2, -0.15) is 8.78 Å². The molecule has 1 fully saturated rings. The molecule has 1 aromatic carbocycles. The van der Waals surface area contributed by atoms with Crippen LogP contribution in [0, 0.1) is 12.3 Å². The standard InChI is InChI=1S/C28H27ClF2N4O3.K/c1-17-22(14-18-5-3-4-6-23(18)38-27(30)31)35-16-19(7-8-24(35)33-17)20-13-21(29)25(32-15-20)34-11-9-28(2,10-12-34)26(36)37;/h3-8,13,15-16,27H,9-12,14H2,1-2H3,(H,36,37);/q;+1/p-1. The number of hydrogen-bond donors (Lipinski definition) is 0. The van der Waals surface area contributed by atoms with Gasteiger partial charge < -0.3 is 23.9 Å². The minimum atomic E-state index is -2.91. The zero-order valence-corrected chi connectivity index (χ0v) is 25.8. The number of aryl methyl sites for hydroxylation is 1. The van der Waals surface area contributed by atoms with E-state index in [4.69, 9.17) is 16.3 Å². The van der Waals surface area contributed by atoms with Gasteiger partial charge in [-0.05, 0) is 44.0 Å². The maximum atomic E-state index is 12.9. The van der Waals surface area contributed by atoms with Crippen molar-refractivity contribution in [2.24, 2.45) is 5.41 Å². The van der Waals surface area contributed by atoms with E-state index in [2.05, 4.69) is 9.97 Å². The number of carboxylic acid groups (broad SMARTS) is 1. The molecule has 4 heterocycles. The number of pyridine rings is 2. The summed E-state index contributed by atoms with van der Waals surface area (Å²) < 4.78 is 32.5. The van der Waals surface area contributed by atoms with Gasteiger partial charge in [0.25, 0.3) is 0 Å². The number of rotatable bonds is 7. The number of piperidine rings is 1. The number of nitrogens with zero attached hydrogens (tertiary/aromatic N) is 4. The normalized spacial score (nSPS) is 14.9. The molecular weight excluding hydrogens is 553 g/mol. The molecular formula is C28H26ClF2KN4O3. The molecule has 0 aliphatic carbocycles. The summed E-state index contributed by atoms with van der Waals surface area (Å²) in [7, 11) is 0. The minimum Gasteiger partial charge on any atom is -0.550 e. The molecule has 0 radical (unpaired) electrons. The molecule has 7 nitrogen and oxygen atoms in total. The van der Waals surface area contributed by atoms with Gasteiger partial charge in [0.2, 0.25) is 0 Å². The molecule has 1 saturated heterocycles. The summed E-state index contributed by atoms with van der Waals surface area (Å²) in [4.78, 5) is 22.7. The Hall–Kier alpha value is -2.08. The van der Waals surface area contributed by atoms with Crippen molar-refractivity contribution in [3.05, 3.63) is 76.8 Å². The SMILES string of the molecule is Cc1nc2ccc(-c3cnc(N4CCC(C)(C(=O)[O-])CC4)c(Cl)c3)cn2c1Cc1ccccc1OC(F)F.[K+]. The van der Waals surface area contributed by atoms with Crippen molar-refractivity contribution in [2.45, 2.75) is 39.7 Å². The molecule has 0 saturated carbocycles. The molecule has 0 N–H and O–H groups in total. The number of aliphatic carboxylic acids is 1. The van der Waals surface area contributed by atoms with Crippen LogP contribution < -0.4 is 66.1 Å². The van der Waals surface area contributed by atoms with Crippen LogP contribution in [0.1, 0.15) is 36.7 Å². The summed E-state index contributed by atoms with van der Waals surface area (Å²) in [6.45, 7) is 1.74. The molecule has 5 rings (SSSR count). The Morgan fingerprint density at radius 3 is 2.56 bits per heavy atom. The van der Waals surface area contributed by atoms with Crippen LogP contribution in [0.25, 0.3) is 16.8 Å². The number of carbonyl (C=O) groups is 1. The fourth-order valence-electron chi connectivity index (χ4n) is 4.87. The predicted octanol–water partition coefficient (Wildman–Crippen LogP) is 1.91. The van der Waals surface area contributed by atoms with Crippen LogP contribution in [-0.2, 0) is 11.2 Å². The summed E-state index contributed by atoms with van der Waals surface area (Å²) in [5.74, 6) is -0.273. The molecule has 198 valence electrons. The first-order valence-electron chi connectivity index (χ1n) is 12.3. The van der Waals surface area contributed by atoms with E-state index in [1.807, 2.05) is 40.6 Å². The van der Waals surface area contributed by atoms with Gasteiger partial charge in [-0.3, -0.25) is 0 Å². The quantitative estimate of drug-likeness (QED) is 0.312. The van der Waals surface area contributed by atoms with Crippen molar-refractivity contribution in [3.8, 4) is 16.9 Å². The Morgan fingerprint density at radius 1 is 1.18 bits per heavy atom. The van der Waals surface area contributed by atoms with Crippen LogP contribution >= 0.6 is 11.6 Å². The second kappa shape index (κ2) is 12.2. The van der Waals surface area contributed by atoms with Gasteiger partial charge in [-0.1, -0.05) is 36.7 Å². The summed E-state index contributed by atoms with van der Waals surface area (Å²) in [6.07, 6.45) is 4.95. The number of halogens is 3. The van der Waals surface area contributed by atoms with Gasteiger partial charge in [0.05, 0.1) is 10.7 Å². The number of fused-ring (bicyclic) bond motifs is 1. The molecule has 3 aromatic heterocycles. The Morgan fingerprint density at radius 2 is 1.90 bits per heavy atom. The zero-order valence-electron chi connectivity index (χ0n) is 22.0. The first-order chi connectivity index (χ1) is 18.1. The molecule has 4 aromatic rings. The first-order valence-corrected chi connectivity index (χ1v) is 12.6. The Labute approximate surface area is 272 Å². The van der Waals surface area contributed by atoms with Gasteiger partial charge in [-0.15, -0.1) is 0 Å². The van der Waals surface area contributed by atoms with Crippen molar-refractivity contribution < 1.29 is 74.8 Å². The van der Waals surface area contributed by atoms with Gasteiger partial charge in [-0.25, -0.2) is 9.97 Å². The average molecular weight is 579 g/mol. The van der Waals surface area contributed by atoms with E-state index in [0.717, 1.165) is 28.2 Å². The predicted molar refractivity (Wildman–Crippen MR) is 139 cm³/mol. The largest absolute Gasteiger partial charge is 1.00 e. The van der Waals surface area contributed by atoms with Crippen LogP contribution in [-0.4, -0.2) is 40.0 Å². The number of carboxylic acids is 1. The molecule has 0 spiro atoms. The zero-order chi connectivity index (χ0) is 27.0. The first kappa shape index (κ1) is 29.9. The van der Waals surface area contributed by atoms with Gasteiger partial charge in [0.15, 0.2) is 0 Å². The summed E-state index contributed by atoms with van der Waals surface area (Å²) in [6, 6.07) is 12.4. The van der Waals surface area contributed by atoms with Gasteiger partial charge in [0, 0.05) is 65.7 Å². The smallest absolute Gasteiger partial charge is 0.550 e. The van der Waals surface area contributed by atoms with Crippen LogP contribution in [0.3, 0.4) is 0 Å². The van der Waals surface area contributed by atoms with Crippen LogP contribution in [0.15, 0.2) is 54.9 Å². The number of imidazole rings is 1. The van der Waals surface area contributed by atoms with E-state index in [1.165, 1.54) is 6.07 Å². The van der Waals surface area contributed by atoms with Crippen molar-refractivity contribution in [1.82, 2.24) is 14.4 Å². The number of benzene rings is 1. The van der Waals surface area contributed by atoms with E-state index in [1.54, 1.807) is 31.3 Å². The van der Waals surface area contributed by atoms with E-state index < -0.39 is 18.0 Å². The number of alkyl halides is 2. The maximum Gasteiger partial charge on any atom is 1.00 e. The summed E-state index contributed by atoms with van der Waals surface area (Å²) in [5.41, 5.74) is 3.82. The molecule has 11 heteroatoms. The van der Waals surface area contributed by atoms with Gasteiger partial charge >= 0.3 is 58.0 Å². The number of ether oxygens (including phenoxy) is 1. The number of carbonyl (C=O) groups excluding carboxylic acids is 1. The molecule has 39 heavy (non-hydrogen) atoms. The van der Waals surface area contributed by atoms with Gasteiger partial charge in [0.1, 0.15) is 17.2 Å². The monoisotopic (exact) mass is 578 g/mol. The molecule has 0 atom stereocenters. The summed E-state index contributed by atoms with van der Waals surface area (Å²) >= 11 is 6.64. The van der Waals surface area contributed by atoms with Crippen molar-refractivity contribution in [1.29, 1.82) is 0 Å². The van der Waals surface area contributed by atoms with E-state index >= 15 is 0 Å². The Balaban J connectivity index is 0.00000353. The van der Waals surface area contributed by atoms with E-state index in [0.29, 0.717) is 48.8 Å². The van der Waals surface area contributed by atoms with Crippen molar-refractivity contribution >= 4 is 29.0 Å².